The molecule has 0 radical (unpaired) electrons. The summed E-state index contributed by atoms with van der Waals surface area (Å²) in [6.45, 7) is 1.98. The van der Waals surface area contributed by atoms with Gasteiger partial charge in [0.05, 0.1) is 22.0 Å². The summed E-state index contributed by atoms with van der Waals surface area (Å²) in [6.07, 6.45) is 1.26. The van der Waals surface area contributed by atoms with E-state index in [1.165, 1.54) is 0 Å². The summed E-state index contributed by atoms with van der Waals surface area (Å²) in [5.41, 5.74) is 5.25. The van der Waals surface area contributed by atoms with E-state index in [2.05, 4.69) is 5.32 Å². The maximum Gasteiger partial charge on any atom is 0.227 e. The second-order valence-corrected chi connectivity index (χ2v) is 6.65. The molecule has 1 fully saturated rings. The SMILES string of the molecule is NCC1(C(=O)NCCOc2c(Cl)cc(Cl)cc2Cl)CCOCC1. The highest BCUT2D eigenvalue weighted by Gasteiger charge is 2.38. The first kappa shape index (κ1) is 18.6. The molecule has 5 nitrogen and oxygen atoms in total. The van der Waals surface area contributed by atoms with Crippen molar-refractivity contribution in [2.24, 2.45) is 11.1 Å². The standard InChI is InChI=1S/C15H19Cl3N2O3/c16-10-7-11(17)13(12(18)8-10)23-6-3-20-14(21)15(9-19)1-4-22-5-2-15/h7-8H,1-6,9,19H2,(H,20,21). The lowest BCUT2D eigenvalue weighted by Gasteiger charge is -2.34. The molecule has 1 aliphatic heterocycles. The van der Waals surface area contributed by atoms with Gasteiger partial charge in [0.2, 0.25) is 5.91 Å². The Bertz CT molecular complexity index is 540. The molecule has 0 spiro atoms. The van der Waals surface area contributed by atoms with Gasteiger partial charge in [0.15, 0.2) is 5.75 Å². The summed E-state index contributed by atoms with van der Waals surface area (Å²) in [6, 6.07) is 3.10. The number of benzene rings is 1. The molecule has 2 rings (SSSR count). The van der Waals surface area contributed by atoms with Gasteiger partial charge in [-0.3, -0.25) is 4.79 Å². The Morgan fingerprint density at radius 2 is 1.87 bits per heavy atom. The van der Waals surface area contributed by atoms with Crippen molar-refractivity contribution in [2.75, 3.05) is 32.9 Å². The third-order valence-corrected chi connectivity index (χ3v) is 4.70. The highest BCUT2D eigenvalue weighted by atomic mass is 35.5. The van der Waals surface area contributed by atoms with Crippen molar-refractivity contribution in [3.05, 3.63) is 27.2 Å². The van der Waals surface area contributed by atoms with Gasteiger partial charge in [-0.25, -0.2) is 0 Å². The molecule has 8 heteroatoms. The second-order valence-electron chi connectivity index (χ2n) is 5.40. The van der Waals surface area contributed by atoms with Crippen molar-refractivity contribution in [1.82, 2.24) is 5.32 Å². The first-order valence-electron chi connectivity index (χ1n) is 7.32. The minimum atomic E-state index is -0.548. The van der Waals surface area contributed by atoms with Crippen LogP contribution in [0.3, 0.4) is 0 Å². The Balaban J connectivity index is 1.84. The van der Waals surface area contributed by atoms with Crippen molar-refractivity contribution < 1.29 is 14.3 Å². The number of nitrogens with one attached hydrogen (secondary N) is 1. The van der Waals surface area contributed by atoms with Crippen LogP contribution in [0.25, 0.3) is 0 Å². The van der Waals surface area contributed by atoms with Gasteiger partial charge in [-0.2, -0.15) is 0 Å². The maximum absolute atomic E-state index is 12.4. The van der Waals surface area contributed by atoms with E-state index in [0.717, 1.165) is 0 Å². The van der Waals surface area contributed by atoms with Crippen molar-refractivity contribution in [2.45, 2.75) is 12.8 Å². The number of hydrogen-bond donors (Lipinski definition) is 2. The number of rotatable bonds is 6. The molecule has 1 aromatic carbocycles. The molecule has 1 saturated heterocycles. The number of ether oxygens (including phenoxy) is 2. The average Bonchev–Trinajstić information content (AvgIpc) is 2.53. The molecule has 0 unspecified atom stereocenters. The predicted octanol–water partition coefficient (Wildman–Crippen LogP) is 2.90. The summed E-state index contributed by atoms with van der Waals surface area (Å²) in [4.78, 5) is 12.4. The van der Waals surface area contributed by atoms with E-state index in [1.807, 2.05) is 0 Å². The summed E-state index contributed by atoms with van der Waals surface area (Å²) in [5, 5.41) is 3.95. The molecule has 1 heterocycles. The number of nitrogens with two attached hydrogens (primary N) is 1. The van der Waals surface area contributed by atoms with Crippen LogP contribution in [0.15, 0.2) is 12.1 Å². The van der Waals surface area contributed by atoms with Crippen molar-refractivity contribution in [3.63, 3.8) is 0 Å². The minimum absolute atomic E-state index is 0.0693. The van der Waals surface area contributed by atoms with Crippen molar-refractivity contribution in [3.8, 4) is 5.75 Å². The van der Waals surface area contributed by atoms with E-state index in [1.54, 1.807) is 12.1 Å². The van der Waals surface area contributed by atoms with Gasteiger partial charge in [-0.1, -0.05) is 34.8 Å². The molecule has 0 atom stereocenters. The number of halogens is 3. The van der Waals surface area contributed by atoms with Gasteiger partial charge in [0.1, 0.15) is 6.61 Å². The zero-order chi connectivity index (χ0) is 16.9. The van der Waals surface area contributed by atoms with Gasteiger partial charge in [-0.05, 0) is 25.0 Å². The molecule has 23 heavy (non-hydrogen) atoms. The highest BCUT2D eigenvalue weighted by Crippen LogP contribution is 2.35. The molecule has 1 aromatic rings. The van der Waals surface area contributed by atoms with Crippen LogP contribution in [-0.2, 0) is 9.53 Å². The summed E-state index contributed by atoms with van der Waals surface area (Å²) in [5.74, 6) is 0.284. The summed E-state index contributed by atoms with van der Waals surface area (Å²) in [7, 11) is 0. The molecule has 0 aliphatic carbocycles. The molecule has 3 N–H and O–H groups in total. The maximum atomic E-state index is 12.4. The Morgan fingerprint density at radius 1 is 1.26 bits per heavy atom. The number of carbonyl (C=O) groups excluding carboxylic acids is 1. The Hall–Kier alpha value is -0.720. The zero-order valence-electron chi connectivity index (χ0n) is 12.5. The Labute approximate surface area is 150 Å². The molecule has 0 bridgehead atoms. The Kier molecular flexibility index (Phi) is 6.80. The largest absolute Gasteiger partial charge is 0.489 e. The lowest BCUT2D eigenvalue weighted by molar-refractivity contribution is -0.136. The van der Waals surface area contributed by atoms with Crippen LogP contribution < -0.4 is 15.8 Å². The molecule has 0 saturated carbocycles. The summed E-state index contributed by atoms with van der Waals surface area (Å²) < 4.78 is 10.8. The van der Waals surface area contributed by atoms with Crippen LogP contribution in [0.2, 0.25) is 15.1 Å². The first-order valence-corrected chi connectivity index (χ1v) is 8.45. The van der Waals surface area contributed by atoms with Gasteiger partial charge in [-0.15, -0.1) is 0 Å². The smallest absolute Gasteiger partial charge is 0.227 e. The molecule has 1 aliphatic rings. The highest BCUT2D eigenvalue weighted by molar-refractivity contribution is 6.40. The minimum Gasteiger partial charge on any atom is -0.489 e. The lowest BCUT2D eigenvalue weighted by Crippen LogP contribution is -2.49. The quantitative estimate of drug-likeness (QED) is 0.743. The van der Waals surface area contributed by atoms with E-state index < -0.39 is 5.41 Å². The van der Waals surface area contributed by atoms with Crippen LogP contribution in [0.5, 0.6) is 5.75 Å². The van der Waals surface area contributed by atoms with E-state index in [0.29, 0.717) is 60.0 Å². The van der Waals surface area contributed by atoms with Gasteiger partial charge < -0.3 is 20.5 Å². The predicted molar refractivity (Wildman–Crippen MR) is 91.5 cm³/mol. The van der Waals surface area contributed by atoms with Crippen LogP contribution in [-0.4, -0.2) is 38.8 Å². The fraction of sp³-hybridized carbons (Fsp3) is 0.533. The fourth-order valence-electron chi connectivity index (χ4n) is 2.46. The van der Waals surface area contributed by atoms with Crippen molar-refractivity contribution >= 4 is 40.7 Å². The van der Waals surface area contributed by atoms with Crippen LogP contribution in [0, 0.1) is 5.41 Å². The monoisotopic (exact) mass is 380 g/mol. The number of amides is 1. The lowest BCUT2D eigenvalue weighted by atomic mass is 9.79. The normalized spacial score (nSPS) is 16.9. The molecular weight excluding hydrogens is 363 g/mol. The van der Waals surface area contributed by atoms with E-state index >= 15 is 0 Å². The van der Waals surface area contributed by atoms with E-state index in [-0.39, 0.29) is 12.5 Å². The molecular formula is C15H19Cl3N2O3. The van der Waals surface area contributed by atoms with E-state index in [4.69, 9.17) is 50.0 Å². The van der Waals surface area contributed by atoms with Gasteiger partial charge >= 0.3 is 0 Å². The third kappa shape index (κ3) is 4.64. The molecule has 128 valence electrons. The van der Waals surface area contributed by atoms with Crippen LogP contribution >= 0.6 is 34.8 Å². The first-order chi connectivity index (χ1) is 11.0. The molecule has 1 amide bonds. The molecule has 0 aromatic heterocycles. The average molecular weight is 382 g/mol. The zero-order valence-corrected chi connectivity index (χ0v) is 14.8. The van der Waals surface area contributed by atoms with Crippen molar-refractivity contribution in [1.29, 1.82) is 0 Å². The second kappa shape index (κ2) is 8.40. The number of carbonyl (C=O) groups is 1. The Morgan fingerprint density at radius 3 is 2.43 bits per heavy atom. The van der Waals surface area contributed by atoms with Gasteiger partial charge in [0, 0.05) is 24.8 Å². The number of hydrogen-bond acceptors (Lipinski definition) is 4. The van der Waals surface area contributed by atoms with Crippen LogP contribution in [0.1, 0.15) is 12.8 Å². The third-order valence-electron chi connectivity index (χ3n) is 3.92. The van der Waals surface area contributed by atoms with Crippen LogP contribution in [0.4, 0.5) is 0 Å². The van der Waals surface area contributed by atoms with Gasteiger partial charge in [0.25, 0.3) is 0 Å². The summed E-state index contributed by atoms with van der Waals surface area (Å²) >= 11 is 17.9. The topological polar surface area (TPSA) is 73.6 Å². The fourth-order valence-corrected chi connectivity index (χ4v) is 3.38. The van der Waals surface area contributed by atoms with E-state index in [9.17, 15) is 4.79 Å².